The van der Waals surface area contributed by atoms with Crippen LogP contribution in [0.3, 0.4) is 0 Å². The predicted molar refractivity (Wildman–Crippen MR) is 95.7 cm³/mol. The number of carbonyl (C=O) groups is 1. The van der Waals surface area contributed by atoms with Crippen LogP contribution < -0.4 is 19.7 Å². The number of nitrogens with one attached hydrogen (secondary N) is 1. The molecule has 136 valence electrons. The molecule has 26 heavy (non-hydrogen) atoms. The summed E-state index contributed by atoms with van der Waals surface area (Å²) in [6, 6.07) is 11.8. The fourth-order valence-corrected chi connectivity index (χ4v) is 3.43. The van der Waals surface area contributed by atoms with E-state index in [0.717, 1.165) is 31.5 Å². The van der Waals surface area contributed by atoms with Crippen molar-refractivity contribution < 1.29 is 18.7 Å². The summed E-state index contributed by atoms with van der Waals surface area (Å²) in [7, 11) is 0. The van der Waals surface area contributed by atoms with Crippen LogP contribution in [0.25, 0.3) is 0 Å². The summed E-state index contributed by atoms with van der Waals surface area (Å²) in [5.74, 6) is 1.15. The Hall–Kier alpha value is -2.60. The SMILES string of the molecule is O=C(C1CCNCC1)N(Cc1ccc2c(c1)OCO2)c1ccc(F)cc1. The molecular formula is C20H21FN2O3. The maximum atomic E-state index is 13.3. The molecule has 0 spiro atoms. The number of anilines is 1. The first-order valence-electron chi connectivity index (χ1n) is 8.87. The van der Waals surface area contributed by atoms with Crippen molar-refractivity contribution in [1.82, 2.24) is 5.32 Å². The van der Waals surface area contributed by atoms with Gasteiger partial charge < -0.3 is 19.7 Å². The number of carbonyl (C=O) groups excluding carboxylic acids is 1. The minimum absolute atomic E-state index is 0.0182. The zero-order valence-corrected chi connectivity index (χ0v) is 14.4. The Morgan fingerprint density at radius 3 is 2.58 bits per heavy atom. The van der Waals surface area contributed by atoms with Gasteiger partial charge >= 0.3 is 0 Å². The molecule has 2 aliphatic rings. The third kappa shape index (κ3) is 3.51. The first-order valence-corrected chi connectivity index (χ1v) is 8.87. The van der Waals surface area contributed by atoms with Crippen LogP contribution in [0.4, 0.5) is 10.1 Å². The lowest BCUT2D eigenvalue weighted by Gasteiger charge is -2.30. The Kier molecular flexibility index (Phi) is 4.75. The highest BCUT2D eigenvalue weighted by atomic mass is 19.1. The van der Waals surface area contributed by atoms with Crippen molar-refractivity contribution in [2.75, 3.05) is 24.8 Å². The molecule has 0 aliphatic carbocycles. The molecule has 0 aromatic heterocycles. The van der Waals surface area contributed by atoms with Gasteiger partial charge in [-0.1, -0.05) is 6.07 Å². The Morgan fingerprint density at radius 1 is 1.08 bits per heavy atom. The summed E-state index contributed by atoms with van der Waals surface area (Å²) < 4.78 is 24.1. The van der Waals surface area contributed by atoms with Gasteiger partial charge in [-0.15, -0.1) is 0 Å². The summed E-state index contributed by atoms with van der Waals surface area (Å²) in [4.78, 5) is 14.9. The van der Waals surface area contributed by atoms with Crippen molar-refractivity contribution in [1.29, 1.82) is 0 Å². The van der Waals surface area contributed by atoms with Crippen LogP contribution in [0.5, 0.6) is 11.5 Å². The summed E-state index contributed by atoms with van der Waals surface area (Å²) in [6.45, 7) is 2.31. The molecule has 0 unspecified atom stereocenters. The van der Waals surface area contributed by atoms with Gasteiger partial charge in [0.1, 0.15) is 5.82 Å². The standard InChI is InChI=1S/C20H21FN2O3/c21-16-2-4-17(5-3-16)23(20(24)15-7-9-22-10-8-15)12-14-1-6-18-19(11-14)26-13-25-18/h1-6,11,15,22H,7-10,12-13H2. The number of hydrogen-bond acceptors (Lipinski definition) is 4. The van der Waals surface area contributed by atoms with Crippen molar-refractivity contribution >= 4 is 11.6 Å². The molecule has 2 heterocycles. The van der Waals surface area contributed by atoms with Crippen molar-refractivity contribution in [3.05, 3.63) is 53.8 Å². The first-order chi connectivity index (χ1) is 12.7. The highest BCUT2D eigenvalue weighted by Gasteiger charge is 2.27. The number of piperidine rings is 1. The van der Waals surface area contributed by atoms with Crippen molar-refractivity contribution in [3.8, 4) is 11.5 Å². The van der Waals surface area contributed by atoms with Gasteiger partial charge in [0.05, 0.1) is 6.54 Å². The molecule has 0 radical (unpaired) electrons. The monoisotopic (exact) mass is 356 g/mol. The van der Waals surface area contributed by atoms with Crippen LogP contribution in [0.1, 0.15) is 18.4 Å². The summed E-state index contributed by atoms with van der Waals surface area (Å²) in [5.41, 5.74) is 1.65. The largest absolute Gasteiger partial charge is 0.454 e. The minimum atomic E-state index is -0.314. The van der Waals surface area contributed by atoms with Crippen LogP contribution >= 0.6 is 0 Å². The number of rotatable bonds is 4. The second kappa shape index (κ2) is 7.33. The molecule has 5 nitrogen and oxygen atoms in total. The molecule has 2 aromatic carbocycles. The molecule has 2 aliphatic heterocycles. The summed E-state index contributed by atoms with van der Waals surface area (Å²) in [6.07, 6.45) is 1.63. The number of ether oxygens (including phenoxy) is 2. The second-order valence-electron chi connectivity index (χ2n) is 6.61. The number of hydrogen-bond donors (Lipinski definition) is 1. The van der Waals surface area contributed by atoms with Gasteiger partial charge in [-0.25, -0.2) is 4.39 Å². The Morgan fingerprint density at radius 2 is 1.81 bits per heavy atom. The number of halogens is 1. The van der Waals surface area contributed by atoms with Crippen molar-refractivity contribution in [2.24, 2.45) is 5.92 Å². The topological polar surface area (TPSA) is 50.8 Å². The lowest BCUT2D eigenvalue weighted by molar-refractivity contribution is -0.123. The zero-order valence-electron chi connectivity index (χ0n) is 14.4. The van der Waals surface area contributed by atoms with Gasteiger partial charge in [0.2, 0.25) is 12.7 Å². The van der Waals surface area contributed by atoms with E-state index < -0.39 is 0 Å². The van der Waals surface area contributed by atoms with Gasteiger partial charge in [0.25, 0.3) is 0 Å². The second-order valence-corrected chi connectivity index (χ2v) is 6.61. The fourth-order valence-electron chi connectivity index (χ4n) is 3.43. The van der Waals surface area contributed by atoms with E-state index in [1.165, 1.54) is 12.1 Å². The molecule has 1 N–H and O–H groups in total. The lowest BCUT2D eigenvalue weighted by atomic mass is 9.96. The summed E-state index contributed by atoms with van der Waals surface area (Å²) in [5, 5.41) is 3.28. The van der Waals surface area contributed by atoms with Gasteiger partial charge in [-0.2, -0.15) is 0 Å². The van der Waals surface area contributed by atoms with Gasteiger partial charge in [-0.05, 0) is 67.9 Å². The molecular weight excluding hydrogens is 335 g/mol. The molecule has 1 amide bonds. The normalized spacial score (nSPS) is 16.5. The maximum absolute atomic E-state index is 13.3. The predicted octanol–water partition coefficient (Wildman–Crippen LogP) is 3.09. The van der Waals surface area contributed by atoms with Crippen LogP contribution in [-0.2, 0) is 11.3 Å². The van der Waals surface area contributed by atoms with E-state index >= 15 is 0 Å². The summed E-state index contributed by atoms with van der Waals surface area (Å²) >= 11 is 0. The molecule has 0 saturated carbocycles. The number of benzene rings is 2. The highest BCUT2D eigenvalue weighted by molar-refractivity contribution is 5.95. The molecule has 0 bridgehead atoms. The van der Waals surface area contributed by atoms with E-state index in [0.29, 0.717) is 23.7 Å². The first kappa shape index (κ1) is 16.8. The molecule has 1 fully saturated rings. The zero-order chi connectivity index (χ0) is 17.9. The minimum Gasteiger partial charge on any atom is -0.454 e. The molecule has 2 aromatic rings. The number of nitrogens with zero attached hydrogens (tertiary/aromatic N) is 1. The lowest BCUT2D eigenvalue weighted by Crippen LogP contribution is -2.40. The average molecular weight is 356 g/mol. The van der Waals surface area contributed by atoms with Crippen LogP contribution in [-0.4, -0.2) is 25.8 Å². The fraction of sp³-hybridized carbons (Fsp3) is 0.350. The van der Waals surface area contributed by atoms with Crippen LogP contribution in [0, 0.1) is 11.7 Å². The smallest absolute Gasteiger partial charge is 0.231 e. The van der Waals surface area contributed by atoms with Crippen molar-refractivity contribution in [3.63, 3.8) is 0 Å². The van der Waals surface area contributed by atoms with E-state index in [4.69, 9.17) is 9.47 Å². The third-order valence-corrected chi connectivity index (χ3v) is 4.87. The van der Waals surface area contributed by atoms with Gasteiger partial charge in [0.15, 0.2) is 11.5 Å². The molecule has 1 saturated heterocycles. The Labute approximate surface area is 151 Å². The number of fused-ring (bicyclic) bond motifs is 1. The average Bonchev–Trinajstić information content (AvgIpc) is 3.15. The van der Waals surface area contributed by atoms with Crippen LogP contribution in [0.15, 0.2) is 42.5 Å². The van der Waals surface area contributed by atoms with E-state index in [1.807, 2.05) is 18.2 Å². The Bertz CT molecular complexity index is 788. The highest BCUT2D eigenvalue weighted by Crippen LogP contribution is 2.33. The number of amides is 1. The van der Waals surface area contributed by atoms with Crippen LogP contribution in [0.2, 0.25) is 0 Å². The van der Waals surface area contributed by atoms with E-state index in [1.54, 1.807) is 17.0 Å². The van der Waals surface area contributed by atoms with E-state index in [2.05, 4.69) is 5.32 Å². The van der Waals surface area contributed by atoms with Gasteiger partial charge in [0, 0.05) is 11.6 Å². The van der Waals surface area contributed by atoms with Gasteiger partial charge in [-0.3, -0.25) is 4.79 Å². The van der Waals surface area contributed by atoms with E-state index in [-0.39, 0.29) is 24.4 Å². The maximum Gasteiger partial charge on any atom is 0.231 e. The molecule has 6 heteroatoms. The third-order valence-electron chi connectivity index (χ3n) is 4.87. The quantitative estimate of drug-likeness (QED) is 0.915. The van der Waals surface area contributed by atoms with E-state index in [9.17, 15) is 9.18 Å². The molecule has 0 atom stereocenters. The molecule has 4 rings (SSSR count). The Balaban J connectivity index is 1.61. The van der Waals surface area contributed by atoms with Crippen molar-refractivity contribution in [2.45, 2.75) is 19.4 Å².